The maximum atomic E-state index is 11.7. The molecule has 0 saturated carbocycles. The average Bonchev–Trinajstić information content (AvgIpc) is 2.73. The SMILES string of the molecule is O=C1OCCN1S(=O)(=O)N1CCOC1=O. The van der Waals surface area contributed by atoms with Crippen molar-refractivity contribution in [3.05, 3.63) is 0 Å². The van der Waals surface area contributed by atoms with E-state index in [9.17, 15) is 18.0 Å². The van der Waals surface area contributed by atoms with Crippen molar-refractivity contribution in [1.82, 2.24) is 8.61 Å². The van der Waals surface area contributed by atoms with Gasteiger partial charge < -0.3 is 9.47 Å². The summed E-state index contributed by atoms with van der Waals surface area (Å²) in [7, 11) is -4.12. The molecule has 0 spiro atoms. The highest BCUT2D eigenvalue weighted by atomic mass is 32.2. The molecule has 2 rings (SSSR count). The van der Waals surface area contributed by atoms with Crippen LogP contribution in [0.2, 0.25) is 0 Å². The number of hydrogen-bond acceptors (Lipinski definition) is 6. The number of carbonyl (C=O) groups is 2. The van der Waals surface area contributed by atoms with E-state index in [4.69, 9.17) is 0 Å². The van der Waals surface area contributed by atoms with Crippen LogP contribution in [-0.4, -0.2) is 55.5 Å². The molecule has 2 aliphatic rings. The van der Waals surface area contributed by atoms with E-state index in [1.54, 1.807) is 0 Å². The minimum absolute atomic E-state index is 0.000943. The van der Waals surface area contributed by atoms with Crippen molar-refractivity contribution in [2.75, 3.05) is 26.3 Å². The molecule has 2 fully saturated rings. The van der Waals surface area contributed by atoms with Gasteiger partial charge in [0.05, 0.1) is 13.1 Å². The van der Waals surface area contributed by atoms with Crippen LogP contribution < -0.4 is 0 Å². The zero-order valence-corrected chi connectivity index (χ0v) is 8.40. The van der Waals surface area contributed by atoms with E-state index in [-0.39, 0.29) is 26.3 Å². The molecule has 2 amide bonds. The van der Waals surface area contributed by atoms with Gasteiger partial charge in [0.1, 0.15) is 13.2 Å². The molecule has 15 heavy (non-hydrogen) atoms. The number of ether oxygens (including phenoxy) is 2. The highest BCUT2D eigenvalue weighted by Gasteiger charge is 2.43. The van der Waals surface area contributed by atoms with E-state index >= 15 is 0 Å². The summed E-state index contributed by atoms with van der Waals surface area (Å²) in [5.74, 6) is 0. The Bertz CT molecular complexity index is 372. The van der Waals surface area contributed by atoms with Crippen molar-refractivity contribution >= 4 is 22.4 Å². The van der Waals surface area contributed by atoms with Crippen LogP contribution in [0.15, 0.2) is 0 Å². The second-order valence-corrected chi connectivity index (χ2v) is 4.66. The summed E-state index contributed by atoms with van der Waals surface area (Å²) in [4.78, 5) is 22.1. The van der Waals surface area contributed by atoms with Crippen LogP contribution in [0.4, 0.5) is 9.59 Å². The Morgan fingerprint density at radius 2 is 1.33 bits per heavy atom. The second-order valence-electron chi connectivity index (χ2n) is 2.88. The van der Waals surface area contributed by atoms with Crippen molar-refractivity contribution < 1.29 is 27.5 Å². The number of carbonyl (C=O) groups excluding carboxylic acids is 2. The minimum atomic E-state index is -4.12. The molecule has 0 aromatic carbocycles. The summed E-state index contributed by atoms with van der Waals surface area (Å²) in [5, 5.41) is 0. The fraction of sp³-hybridized carbons (Fsp3) is 0.667. The molecule has 0 atom stereocenters. The lowest BCUT2D eigenvalue weighted by Gasteiger charge is -2.19. The van der Waals surface area contributed by atoms with Gasteiger partial charge in [-0.3, -0.25) is 0 Å². The van der Waals surface area contributed by atoms with E-state index in [1.807, 2.05) is 0 Å². The third-order valence-corrected chi connectivity index (χ3v) is 3.78. The Hall–Kier alpha value is -1.51. The van der Waals surface area contributed by atoms with Crippen LogP contribution in [-0.2, 0) is 19.7 Å². The summed E-state index contributed by atoms with van der Waals surface area (Å²) >= 11 is 0. The van der Waals surface area contributed by atoms with Gasteiger partial charge in [0.15, 0.2) is 0 Å². The molecular weight excluding hydrogens is 228 g/mol. The first-order valence-corrected chi connectivity index (χ1v) is 5.57. The summed E-state index contributed by atoms with van der Waals surface area (Å²) < 4.78 is 33.4. The number of cyclic esters (lactones) is 2. The molecule has 0 bridgehead atoms. The largest absolute Gasteiger partial charge is 0.447 e. The Kier molecular flexibility index (Phi) is 2.18. The standard InChI is InChI=1S/C6H8N2O6S/c9-5-7(1-3-13-5)15(11,12)8-2-4-14-6(8)10/h1-4H2. The molecule has 0 aromatic heterocycles. The highest BCUT2D eigenvalue weighted by Crippen LogP contribution is 2.17. The monoisotopic (exact) mass is 236 g/mol. The number of nitrogens with zero attached hydrogens (tertiary/aromatic N) is 2. The topological polar surface area (TPSA) is 93.2 Å². The third kappa shape index (κ3) is 1.48. The molecule has 2 heterocycles. The predicted molar refractivity (Wildman–Crippen MR) is 45.0 cm³/mol. The Morgan fingerprint density at radius 3 is 1.60 bits per heavy atom. The van der Waals surface area contributed by atoms with Gasteiger partial charge >= 0.3 is 22.4 Å². The Labute approximate surface area is 85.5 Å². The molecule has 2 saturated heterocycles. The molecule has 0 N–H and O–H groups in total. The zero-order valence-electron chi connectivity index (χ0n) is 7.58. The average molecular weight is 236 g/mol. The minimum Gasteiger partial charge on any atom is -0.447 e. The van der Waals surface area contributed by atoms with Crippen molar-refractivity contribution in [2.24, 2.45) is 0 Å². The van der Waals surface area contributed by atoms with Gasteiger partial charge in [0, 0.05) is 0 Å². The fourth-order valence-corrected chi connectivity index (χ4v) is 2.63. The number of rotatable bonds is 2. The normalized spacial score (nSPS) is 21.9. The maximum Gasteiger partial charge on any atom is 0.425 e. The maximum absolute atomic E-state index is 11.7. The predicted octanol–water partition coefficient (Wildman–Crippen LogP) is -0.864. The van der Waals surface area contributed by atoms with Gasteiger partial charge in [0.2, 0.25) is 0 Å². The quantitative estimate of drug-likeness (QED) is 0.619. The summed E-state index contributed by atoms with van der Waals surface area (Å²) in [5.41, 5.74) is 0. The number of hydrogen-bond donors (Lipinski definition) is 0. The lowest BCUT2D eigenvalue weighted by Crippen LogP contribution is -2.44. The van der Waals surface area contributed by atoms with Crippen LogP contribution in [0.3, 0.4) is 0 Å². The second kappa shape index (κ2) is 3.26. The van der Waals surface area contributed by atoms with Crippen LogP contribution in [0, 0.1) is 0 Å². The van der Waals surface area contributed by atoms with Crippen LogP contribution >= 0.6 is 0 Å². The number of amides is 2. The van der Waals surface area contributed by atoms with Crippen LogP contribution in [0.1, 0.15) is 0 Å². The van der Waals surface area contributed by atoms with E-state index in [0.29, 0.717) is 8.61 Å². The molecule has 2 aliphatic heterocycles. The van der Waals surface area contributed by atoms with E-state index in [1.165, 1.54) is 0 Å². The van der Waals surface area contributed by atoms with Gasteiger partial charge in [-0.15, -0.1) is 0 Å². The van der Waals surface area contributed by atoms with E-state index in [2.05, 4.69) is 9.47 Å². The zero-order chi connectivity index (χ0) is 11.1. The van der Waals surface area contributed by atoms with Gasteiger partial charge in [-0.2, -0.15) is 17.0 Å². The van der Waals surface area contributed by atoms with Gasteiger partial charge in [-0.1, -0.05) is 0 Å². The molecule has 0 aromatic rings. The molecular formula is C6H8N2O6S. The lowest BCUT2D eigenvalue weighted by atomic mass is 10.7. The molecule has 9 heteroatoms. The van der Waals surface area contributed by atoms with Crippen molar-refractivity contribution in [2.45, 2.75) is 0 Å². The Morgan fingerprint density at radius 1 is 0.933 bits per heavy atom. The summed E-state index contributed by atoms with van der Waals surface area (Å²) in [6, 6.07) is 0. The Balaban J connectivity index is 2.26. The molecule has 0 aliphatic carbocycles. The van der Waals surface area contributed by atoms with Gasteiger partial charge in [-0.05, 0) is 0 Å². The summed E-state index contributed by atoms with van der Waals surface area (Å²) in [6.45, 7) is -0.155. The first-order chi connectivity index (χ1) is 7.03. The first-order valence-electron chi connectivity index (χ1n) is 4.17. The van der Waals surface area contributed by atoms with Crippen molar-refractivity contribution in [1.29, 1.82) is 0 Å². The smallest absolute Gasteiger partial charge is 0.425 e. The lowest BCUT2D eigenvalue weighted by molar-refractivity contribution is 0.166. The van der Waals surface area contributed by atoms with Gasteiger partial charge in [0.25, 0.3) is 0 Å². The van der Waals surface area contributed by atoms with Crippen LogP contribution in [0.5, 0.6) is 0 Å². The van der Waals surface area contributed by atoms with Crippen molar-refractivity contribution in [3.63, 3.8) is 0 Å². The van der Waals surface area contributed by atoms with E-state index in [0.717, 1.165) is 0 Å². The molecule has 0 unspecified atom stereocenters. The first kappa shape index (κ1) is 10.0. The van der Waals surface area contributed by atoms with Crippen LogP contribution in [0.25, 0.3) is 0 Å². The third-order valence-electron chi connectivity index (χ3n) is 2.00. The molecule has 0 radical (unpaired) electrons. The summed E-state index contributed by atoms with van der Waals surface area (Å²) in [6.07, 6.45) is -1.93. The van der Waals surface area contributed by atoms with Crippen molar-refractivity contribution in [3.8, 4) is 0 Å². The van der Waals surface area contributed by atoms with Gasteiger partial charge in [-0.25, -0.2) is 9.59 Å². The molecule has 8 nitrogen and oxygen atoms in total. The molecule has 84 valence electrons. The highest BCUT2D eigenvalue weighted by molar-refractivity contribution is 7.87. The van der Waals surface area contributed by atoms with E-state index < -0.39 is 22.4 Å². The fourth-order valence-electron chi connectivity index (χ4n) is 1.30.